The van der Waals surface area contributed by atoms with Gasteiger partial charge in [0.1, 0.15) is 0 Å². The highest BCUT2D eigenvalue weighted by molar-refractivity contribution is 7.82. The Morgan fingerprint density at radius 3 is 1.08 bits per heavy atom. The van der Waals surface area contributed by atoms with Gasteiger partial charge in [0, 0.05) is 13.1 Å². The molecule has 0 aromatic heterocycles. The van der Waals surface area contributed by atoms with E-state index in [4.69, 9.17) is 8.37 Å². The minimum absolute atomic E-state index is 0.121. The zero-order chi connectivity index (χ0) is 27.5. The maximum Gasteiger partial charge on any atom is 0.416 e. The van der Waals surface area contributed by atoms with Gasteiger partial charge in [-0.2, -0.15) is 36.4 Å². The molecule has 0 unspecified atom stereocenters. The second-order valence-electron chi connectivity index (χ2n) is 9.43. The lowest BCUT2D eigenvalue weighted by Gasteiger charge is -2.08. The Bertz CT molecular complexity index is 633. The standard InChI is InChI=1S/C25H54N2O8S2/c1-3-5-7-9-11-13-15-20-24-32-36(28,29)34-26-22-18-17-19-23-27-35-37(30,31)33-25-21-16-14-12-10-8-6-4-2/h26-27H,3-25H2,1-2H3. The fourth-order valence-corrected chi connectivity index (χ4v) is 4.84. The second-order valence-corrected chi connectivity index (χ2v) is 11.9. The van der Waals surface area contributed by atoms with Gasteiger partial charge in [-0.3, -0.25) is 0 Å². The summed E-state index contributed by atoms with van der Waals surface area (Å²) in [6, 6.07) is 0. The van der Waals surface area contributed by atoms with Gasteiger partial charge in [0.05, 0.1) is 13.2 Å². The summed E-state index contributed by atoms with van der Waals surface area (Å²) in [5.74, 6) is 0. The van der Waals surface area contributed by atoms with E-state index < -0.39 is 20.8 Å². The van der Waals surface area contributed by atoms with Crippen LogP contribution in [0.1, 0.15) is 136 Å². The van der Waals surface area contributed by atoms with Gasteiger partial charge in [-0.1, -0.05) is 110 Å². The van der Waals surface area contributed by atoms with Crippen molar-refractivity contribution in [3.05, 3.63) is 0 Å². The van der Waals surface area contributed by atoms with Gasteiger partial charge >= 0.3 is 20.8 Å². The van der Waals surface area contributed by atoms with E-state index in [2.05, 4.69) is 33.4 Å². The Hall–Kier alpha value is -0.340. The molecule has 0 spiro atoms. The summed E-state index contributed by atoms with van der Waals surface area (Å²) >= 11 is 0. The predicted octanol–water partition coefficient (Wildman–Crippen LogP) is 6.00. The molecule has 0 radical (unpaired) electrons. The SMILES string of the molecule is CCCCCCCCCCOS(=O)(=O)ONCCCCCNOS(=O)(=O)OCCCCCCCCCC. The summed E-state index contributed by atoms with van der Waals surface area (Å²) in [7, 11) is -8.09. The number of hydrogen-bond acceptors (Lipinski definition) is 10. The summed E-state index contributed by atoms with van der Waals surface area (Å²) in [5, 5.41) is 0. The second kappa shape index (κ2) is 25.9. The lowest BCUT2D eigenvalue weighted by molar-refractivity contribution is 0.142. The molecule has 0 aliphatic carbocycles. The molecule has 0 aromatic rings. The van der Waals surface area contributed by atoms with Crippen molar-refractivity contribution in [3.63, 3.8) is 0 Å². The van der Waals surface area contributed by atoms with Crippen molar-refractivity contribution in [2.45, 2.75) is 136 Å². The Morgan fingerprint density at radius 1 is 0.432 bits per heavy atom. The topological polar surface area (TPSA) is 129 Å². The summed E-state index contributed by atoms with van der Waals surface area (Å²) in [6.07, 6.45) is 19.8. The van der Waals surface area contributed by atoms with Gasteiger partial charge in [-0.15, -0.1) is 0 Å². The minimum atomic E-state index is -4.05. The van der Waals surface area contributed by atoms with Crippen LogP contribution < -0.4 is 11.0 Å². The number of nitrogens with one attached hydrogen (secondary N) is 2. The maximum absolute atomic E-state index is 11.7. The van der Waals surface area contributed by atoms with Crippen LogP contribution in [0.2, 0.25) is 0 Å². The van der Waals surface area contributed by atoms with E-state index in [1.54, 1.807) is 0 Å². The third-order valence-electron chi connectivity index (χ3n) is 5.83. The van der Waals surface area contributed by atoms with Crippen LogP contribution in [0.5, 0.6) is 0 Å². The summed E-state index contributed by atoms with van der Waals surface area (Å²) in [6.45, 7) is 5.26. The molecule has 0 aliphatic rings. The zero-order valence-corrected chi connectivity index (χ0v) is 25.0. The van der Waals surface area contributed by atoms with E-state index in [0.29, 0.717) is 45.2 Å². The third-order valence-corrected chi connectivity index (χ3v) is 7.39. The van der Waals surface area contributed by atoms with E-state index in [-0.39, 0.29) is 13.2 Å². The monoisotopic (exact) mass is 574 g/mol. The average Bonchev–Trinajstić information content (AvgIpc) is 2.85. The highest BCUT2D eigenvalue weighted by atomic mass is 32.3. The van der Waals surface area contributed by atoms with Gasteiger partial charge in [0.25, 0.3) is 0 Å². The van der Waals surface area contributed by atoms with Crippen LogP contribution >= 0.6 is 0 Å². The van der Waals surface area contributed by atoms with Crippen molar-refractivity contribution in [1.29, 1.82) is 0 Å². The predicted molar refractivity (Wildman–Crippen MR) is 147 cm³/mol. The molecule has 0 fully saturated rings. The van der Waals surface area contributed by atoms with Crippen molar-refractivity contribution in [1.82, 2.24) is 11.0 Å². The molecule has 2 N–H and O–H groups in total. The smallest absolute Gasteiger partial charge is 0.247 e. The van der Waals surface area contributed by atoms with Crippen molar-refractivity contribution in [3.8, 4) is 0 Å². The molecule has 0 atom stereocenters. The Kier molecular flexibility index (Phi) is 25.7. The van der Waals surface area contributed by atoms with Crippen molar-refractivity contribution < 1.29 is 33.8 Å². The van der Waals surface area contributed by atoms with Gasteiger partial charge in [0.2, 0.25) is 0 Å². The third kappa shape index (κ3) is 28.5. The fraction of sp³-hybridized carbons (Fsp3) is 1.00. The molecule has 0 heterocycles. The highest BCUT2D eigenvalue weighted by Gasteiger charge is 2.12. The van der Waals surface area contributed by atoms with E-state index in [1.165, 1.54) is 64.2 Å². The number of hydroxylamine groups is 2. The molecule has 10 nitrogen and oxygen atoms in total. The normalized spacial score (nSPS) is 12.4. The first kappa shape index (κ1) is 36.7. The zero-order valence-electron chi connectivity index (χ0n) is 23.3. The van der Waals surface area contributed by atoms with Crippen LogP contribution in [-0.4, -0.2) is 43.1 Å². The summed E-state index contributed by atoms with van der Waals surface area (Å²) in [4.78, 5) is 0. The van der Waals surface area contributed by atoms with Crippen LogP contribution in [0.3, 0.4) is 0 Å². The lowest BCUT2D eigenvalue weighted by atomic mass is 10.1. The summed E-state index contributed by atoms with van der Waals surface area (Å²) in [5.41, 5.74) is 4.78. The van der Waals surface area contributed by atoms with Crippen LogP contribution in [-0.2, 0) is 37.7 Å². The van der Waals surface area contributed by atoms with E-state index >= 15 is 0 Å². The Morgan fingerprint density at radius 2 is 0.730 bits per heavy atom. The van der Waals surface area contributed by atoms with Crippen LogP contribution in [0, 0.1) is 0 Å². The number of hydrogen-bond donors (Lipinski definition) is 2. The van der Waals surface area contributed by atoms with Crippen LogP contribution in [0.25, 0.3) is 0 Å². The molecule has 37 heavy (non-hydrogen) atoms. The molecule has 0 aromatic carbocycles. The fourth-order valence-electron chi connectivity index (χ4n) is 3.64. The van der Waals surface area contributed by atoms with Gasteiger partial charge < -0.3 is 0 Å². The summed E-state index contributed by atoms with van der Waals surface area (Å²) < 4.78 is 65.6. The number of rotatable bonds is 30. The van der Waals surface area contributed by atoms with Gasteiger partial charge in [-0.05, 0) is 25.7 Å². The molecule has 0 saturated heterocycles. The molecular formula is C25H54N2O8S2. The van der Waals surface area contributed by atoms with Crippen molar-refractivity contribution in [2.75, 3.05) is 26.3 Å². The van der Waals surface area contributed by atoms with E-state index in [0.717, 1.165) is 25.7 Å². The Balaban J connectivity index is 3.51. The Labute approximate surface area is 227 Å². The van der Waals surface area contributed by atoms with E-state index in [9.17, 15) is 16.8 Å². The molecule has 12 heteroatoms. The number of unbranched alkanes of at least 4 members (excludes halogenated alkanes) is 16. The first-order valence-electron chi connectivity index (χ1n) is 14.4. The molecule has 0 saturated carbocycles. The average molecular weight is 575 g/mol. The maximum atomic E-state index is 11.7. The van der Waals surface area contributed by atoms with Crippen LogP contribution in [0.4, 0.5) is 0 Å². The molecule has 0 amide bonds. The molecule has 224 valence electrons. The lowest BCUT2D eigenvalue weighted by Crippen LogP contribution is -2.24. The minimum Gasteiger partial charge on any atom is -0.247 e. The highest BCUT2D eigenvalue weighted by Crippen LogP contribution is 2.10. The van der Waals surface area contributed by atoms with Crippen LogP contribution in [0.15, 0.2) is 0 Å². The quantitative estimate of drug-likeness (QED) is 0.0778. The van der Waals surface area contributed by atoms with E-state index in [1.807, 2.05) is 0 Å². The van der Waals surface area contributed by atoms with Gasteiger partial charge in [-0.25, -0.2) is 8.37 Å². The molecule has 0 aliphatic heterocycles. The first-order chi connectivity index (χ1) is 17.8. The van der Waals surface area contributed by atoms with Gasteiger partial charge in [0.15, 0.2) is 0 Å². The molecular weight excluding hydrogens is 520 g/mol. The molecule has 0 bridgehead atoms. The largest absolute Gasteiger partial charge is 0.416 e. The van der Waals surface area contributed by atoms with Crippen molar-refractivity contribution in [2.24, 2.45) is 0 Å². The first-order valence-corrected chi connectivity index (χ1v) is 17.1. The molecule has 0 rings (SSSR count). The van der Waals surface area contributed by atoms with Crippen molar-refractivity contribution >= 4 is 20.8 Å².